The maximum atomic E-state index is 13.4. The van der Waals surface area contributed by atoms with Crippen LogP contribution in [0.2, 0.25) is 0 Å². The van der Waals surface area contributed by atoms with E-state index in [9.17, 15) is 18.0 Å². The van der Waals surface area contributed by atoms with Gasteiger partial charge in [-0.1, -0.05) is 19.3 Å². The van der Waals surface area contributed by atoms with Gasteiger partial charge in [-0.2, -0.15) is 4.31 Å². The number of amides is 2. The number of hydrogen-bond acceptors (Lipinski definition) is 5. The minimum Gasteiger partial charge on any atom is -0.468 e. The van der Waals surface area contributed by atoms with Crippen molar-refractivity contribution >= 4 is 27.5 Å². The van der Waals surface area contributed by atoms with E-state index < -0.39 is 10.0 Å². The molecule has 1 aromatic carbocycles. The van der Waals surface area contributed by atoms with Crippen molar-refractivity contribution in [3.63, 3.8) is 0 Å². The Labute approximate surface area is 183 Å². The third-order valence-electron chi connectivity index (χ3n) is 5.55. The van der Waals surface area contributed by atoms with Crippen molar-refractivity contribution in [3.8, 4) is 0 Å². The molecule has 1 fully saturated rings. The van der Waals surface area contributed by atoms with Gasteiger partial charge < -0.3 is 14.6 Å². The fourth-order valence-electron chi connectivity index (χ4n) is 3.80. The van der Waals surface area contributed by atoms with Crippen LogP contribution in [-0.2, 0) is 26.2 Å². The Hall–Kier alpha value is -2.65. The topological polar surface area (TPSA) is 99.9 Å². The summed E-state index contributed by atoms with van der Waals surface area (Å²) >= 11 is 0. The largest absolute Gasteiger partial charge is 0.468 e. The number of likely N-dealkylation sites (N-methyl/N-ethyl adjacent to an activating group) is 1. The number of anilines is 1. The summed E-state index contributed by atoms with van der Waals surface area (Å²) < 4.78 is 33.2. The number of nitrogens with one attached hydrogen (secondary N) is 1. The summed E-state index contributed by atoms with van der Waals surface area (Å²) in [6.45, 7) is 1.06. The normalized spacial score (nSPS) is 15.1. The third-order valence-corrected chi connectivity index (χ3v) is 7.36. The van der Waals surface area contributed by atoms with Gasteiger partial charge in [-0.05, 0) is 49.2 Å². The van der Waals surface area contributed by atoms with Crippen LogP contribution in [0.15, 0.2) is 52.0 Å². The standard InChI is InChI=1S/C22H29N3O5S/c1-17(26)23-18-10-12-21(13-11-18)31(28,29)25(15-20-9-6-14-30-20)16-22(27)24(2)19-7-4-3-5-8-19/h6,9-14,19H,3-5,7-8,15-16H2,1-2H3,(H,23,26). The lowest BCUT2D eigenvalue weighted by molar-refractivity contribution is -0.132. The highest BCUT2D eigenvalue weighted by Crippen LogP contribution is 2.24. The SMILES string of the molecule is CC(=O)Nc1ccc(S(=O)(=O)N(CC(=O)N(C)C2CCCCC2)Cc2ccco2)cc1. The molecule has 2 aromatic rings. The minimum absolute atomic E-state index is 0.0428. The molecule has 1 aromatic heterocycles. The molecular weight excluding hydrogens is 418 g/mol. The predicted octanol–water partition coefficient (Wildman–Crippen LogP) is 3.22. The van der Waals surface area contributed by atoms with Crippen LogP contribution < -0.4 is 5.32 Å². The van der Waals surface area contributed by atoms with Gasteiger partial charge in [-0.15, -0.1) is 0 Å². The predicted molar refractivity (Wildman–Crippen MR) is 117 cm³/mol. The molecule has 0 radical (unpaired) electrons. The van der Waals surface area contributed by atoms with E-state index in [4.69, 9.17) is 4.42 Å². The van der Waals surface area contributed by atoms with E-state index in [-0.39, 0.29) is 35.8 Å². The molecule has 1 N–H and O–H groups in total. The lowest BCUT2D eigenvalue weighted by Gasteiger charge is -2.32. The van der Waals surface area contributed by atoms with Gasteiger partial charge in [0.25, 0.3) is 0 Å². The Kier molecular flexibility index (Phi) is 7.50. The molecule has 8 nitrogen and oxygen atoms in total. The van der Waals surface area contributed by atoms with Gasteiger partial charge in [0, 0.05) is 25.7 Å². The summed E-state index contributed by atoms with van der Waals surface area (Å²) in [6, 6.07) is 9.39. The average Bonchev–Trinajstić information content (AvgIpc) is 3.26. The first-order chi connectivity index (χ1) is 14.8. The molecule has 1 aliphatic rings. The molecule has 0 saturated heterocycles. The molecule has 0 bridgehead atoms. The van der Waals surface area contributed by atoms with Crippen molar-refractivity contribution in [2.24, 2.45) is 0 Å². The van der Waals surface area contributed by atoms with Crippen LogP contribution in [0.4, 0.5) is 5.69 Å². The van der Waals surface area contributed by atoms with Crippen molar-refractivity contribution < 1.29 is 22.4 Å². The quantitative estimate of drug-likeness (QED) is 0.670. The van der Waals surface area contributed by atoms with E-state index in [1.54, 1.807) is 24.1 Å². The van der Waals surface area contributed by atoms with E-state index in [2.05, 4.69) is 5.32 Å². The fourth-order valence-corrected chi connectivity index (χ4v) is 5.15. The molecule has 0 unspecified atom stereocenters. The number of furan rings is 1. The van der Waals surface area contributed by atoms with Crippen molar-refractivity contribution in [2.75, 3.05) is 18.9 Å². The van der Waals surface area contributed by atoms with Gasteiger partial charge in [-0.3, -0.25) is 9.59 Å². The highest BCUT2D eigenvalue weighted by Gasteiger charge is 2.30. The number of nitrogens with zero attached hydrogens (tertiary/aromatic N) is 2. The van der Waals surface area contributed by atoms with Crippen LogP contribution in [0.5, 0.6) is 0 Å². The van der Waals surface area contributed by atoms with Gasteiger partial charge in [0.05, 0.1) is 24.2 Å². The molecule has 31 heavy (non-hydrogen) atoms. The molecule has 1 aliphatic carbocycles. The van der Waals surface area contributed by atoms with E-state index in [1.165, 1.54) is 43.9 Å². The molecular formula is C22H29N3O5S. The van der Waals surface area contributed by atoms with Crippen LogP contribution in [-0.4, -0.2) is 49.1 Å². The lowest BCUT2D eigenvalue weighted by Crippen LogP contribution is -2.45. The monoisotopic (exact) mass is 447 g/mol. The van der Waals surface area contributed by atoms with Crippen LogP contribution in [0.25, 0.3) is 0 Å². The molecule has 1 heterocycles. The lowest BCUT2D eigenvalue weighted by atomic mass is 9.94. The number of hydrogen-bond donors (Lipinski definition) is 1. The molecule has 0 spiro atoms. The number of carbonyl (C=O) groups is 2. The summed E-state index contributed by atoms with van der Waals surface area (Å²) in [5, 5.41) is 2.61. The van der Waals surface area contributed by atoms with Gasteiger partial charge >= 0.3 is 0 Å². The number of sulfonamides is 1. The summed E-state index contributed by atoms with van der Waals surface area (Å²) in [6.07, 6.45) is 6.69. The van der Waals surface area contributed by atoms with Crippen LogP contribution in [0.3, 0.4) is 0 Å². The summed E-state index contributed by atoms with van der Waals surface area (Å²) in [7, 11) is -2.22. The van der Waals surface area contributed by atoms with Gasteiger partial charge in [-0.25, -0.2) is 8.42 Å². The maximum Gasteiger partial charge on any atom is 0.243 e. The van der Waals surface area contributed by atoms with E-state index >= 15 is 0 Å². The second kappa shape index (κ2) is 10.1. The highest BCUT2D eigenvalue weighted by molar-refractivity contribution is 7.89. The Morgan fingerprint density at radius 1 is 1.10 bits per heavy atom. The van der Waals surface area contributed by atoms with Gasteiger partial charge in [0.15, 0.2) is 0 Å². The van der Waals surface area contributed by atoms with E-state index in [0.29, 0.717) is 11.4 Å². The molecule has 168 valence electrons. The fraction of sp³-hybridized carbons (Fsp3) is 0.455. The second-order valence-electron chi connectivity index (χ2n) is 7.85. The van der Waals surface area contributed by atoms with E-state index in [0.717, 1.165) is 30.0 Å². The molecule has 0 aliphatic heterocycles. The Morgan fingerprint density at radius 3 is 2.35 bits per heavy atom. The number of carbonyl (C=O) groups excluding carboxylic acids is 2. The summed E-state index contributed by atoms with van der Waals surface area (Å²) in [5.74, 6) is -0.0325. The van der Waals surface area contributed by atoms with Crippen LogP contribution in [0, 0.1) is 0 Å². The van der Waals surface area contributed by atoms with Crippen molar-refractivity contribution in [1.82, 2.24) is 9.21 Å². The zero-order valence-electron chi connectivity index (χ0n) is 17.9. The molecule has 0 atom stereocenters. The Morgan fingerprint density at radius 2 is 1.77 bits per heavy atom. The maximum absolute atomic E-state index is 13.4. The summed E-state index contributed by atoms with van der Waals surface area (Å²) in [5.41, 5.74) is 0.497. The number of benzene rings is 1. The molecule has 1 saturated carbocycles. The van der Waals surface area contributed by atoms with Gasteiger partial charge in [0.2, 0.25) is 21.8 Å². The van der Waals surface area contributed by atoms with Crippen molar-refractivity contribution in [1.29, 1.82) is 0 Å². The first-order valence-corrected chi connectivity index (χ1v) is 11.9. The zero-order valence-corrected chi connectivity index (χ0v) is 18.7. The molecule has 9 heteroatoms. The smallest absolute Gasteiger partial charge is 0.243 e. The molecule has 3 rings (SSSR count). The van der Waals surface area contributed by atoms with Crippen molar-refractivity contribution in [2.45, 2.75) is 56.5 Å². The first kappa shape index (κ1) is 23.0. The first-order valence-electron chi connectivity index (χ1n) is 10.4. The van der Waals surface area contributed by atoms with Gasteiger partial charge in [0.1, 0.15) is 5.76 Å². The highest BCUT2D eigenvalue weighted by atomic mass is 32.2. The number of rotatable bonds is 8. The van der Waals surface area contributed by atoms with E-state index in [1.807, 2.05) is 0 Å². The minimum atomic E-state index is -3.97. The van der Waals surface area contributed by atoms with Crippen LogP contribution >= 0.6 is 0 Å². The third kappa shape index (κ3) is 5.95. The Bertz CT molecular complexity index is 981. The van der Waals surface area contributed by atoms with Crippen molar-refractivity contribution in [3.05, 3.63) is 48.4 Å². The van der Waals surface area contributed by atoms with Crippen LogP contribution in [0.1, 0.15) is 44.8 Å². The second-order valence-corrected chi connectivity index (χ2v) is 9.79. The molecule has 2 amide bonds. The zero-order chi connectivity index (χ0) is 22.4. The summed E-state index contributed by atoms with van der Waals surface area (Å²) in [4.78, 5) is 25.9. The average molecular weight is 448 g/mol. The Balaban J connectivity index is 1.81.